The van der Waals surface area contributed by atoms with Crippen LogP contribution < -0.4 is 11.2 Å². The molecule has 0 fully saturated rings. The summed E-state index contributed by atoms with van der Waals surface area (Å²) in [6.07, 6.45) is 1.42. The summed E-state index contributed by atoms with van der Waals surface area (Å²) >= 11 is 11.9. The summed E-state index contributed by atoms with van der Waals surface area (Å²) in [5.74, 6) is -0.479. The van der Waals surface area contributed by atoms with E-state index < -0.39 is 5.91 Å². The van der Waals surface area contributed by atoms with E-state index in [1.54, 1.807) is 42.5 Å². The Hall–Kier alpha value is -3.76. The Bertz CT molecular complexity index is 1240. The van der Waals surface area contributed by atoms with Gasteiger partial charge in [0.25, 0.3) is 5.91 Å². The van der Waals surface area contributed by atoms with Gasteiger partial charge in [0.15, 0.2) is 5.69 Å². The third-order valence-electron chi connectivity index (χ3n) is 3.95. The molecule has 150 valence electrons. The number of rotatable bonds is 5. The minimum absolute atomic E-state index is 0.00155. The summed E-state index contributed by atoms with van der Waals surface area (Å²) in [7, 11) is 0. The Morgan fingerprint density at radius 1 is 1.13 bits per heavy atom. The third kappa shape index (κ3) is 3.86. The van der Waals surface area contributed by atoms with Gasteiger partial charge in [-0.1, -0.05) is 64.8 Å². The smallest absolute Gasteiger partial charge is 0.294 e. The van der Waals surface area contributed by atoms with Crippen molar-refractivity contribution in [2.24, 2.45) is 5.10 Å². The third-order valence-corrected chi connectivity index (χ3v) is 4.69. The van der Waals surface area contributed by atoms with Crippen molar-refractivity contribution in [3.05, 3.63) is 69.8 Å². The zero-order valence-corrected chi connectivity index (χ0v) is 16.5. The minimum Gasteiger partial charge on any atom is -0.378 e. The lowest BCUT2D eigenvalue weighted by molar-refractivity contribution is 0.0950. The van der Waals surface area contributed by atoms with E-state index in [1.165, 1.54) is 10.9 Å². The van der Waals surface area contributed by atoms with Crippen LogP contribution in [0.3, 0.4) is 0 Å². The fourth-order valence-electron chi connectivity index (χ4n) is 2.59. The van der Waals surface area contributed by atoms with Gasteiger partial charge in [0.05, 0.1) is 16.3 Å². The normalized spacial score (nSPS) is 11.1. The fourth-order valence-corrected chi connectivity index (χ4v) is 2.89. The lowest BCUT2D eigenvalue weighted by Gasteiger charge is -2.05. The zero-order valence-electron chi connectivity index (χ0n) is 15.0. The first-order valence-electron chi connectivity index (χ1n) is 8.42. The molecule has 0 bridgehead atoms. The van der Waals surface area contributed by atoms with E-state index in [-0.39, 0.29) is 17.3 Å². The number of carbonyl (C=O) groups excluding carboxylic acids is 1. The number of hydrogen-bond donors (Lipinski definition) is 2. The van der Waals surface area contributed by atoms with Crippen molar-refractivity contribution >= 4 is 41.1 Å². The van der Waals surface area contributed by atoms with Crippen molar-refractivity contribution < 1.29 is 9.42 Å². The van der Waals surface area contributed by atoms with Crippen LogP contribution in [0.5, 0.6) is 0 Å². The summed E-state index contributed by atoms with van der Waals surface area (Å²) in [6, 6.07) is 14.0. The topological polar surface area (TPSA) is 137 Å². The van der Waals surface area contributed by atoms with E-state index in [0.29, 0.717) is 26.9 Å². The van der Waals surface area contributed by atoms with Gasteiger partial charge >= 0.3 is 0 Å². The highest BCUT2D eigenvalue weighted by Gasteiger charge is 2.24. The van der Waals surface area contributed by atoms with Crippen LogP contribution in [0.1, 0.15) is 16.1 Å². The molecule has 0 atom stereocenters. The van der Waals surface area contributed by atoms with Gasteiger partial charge < -0.3 is 5.73 Å². The number of benzene rings is 2. The summed E-state index contributed by atoms with van der Waals surface area (Å²) in [4.78, 5) is 12.7. The van der Waals surface area contributed by atoms with E-state index in [9.17, 15) is 4.79 Å². The van der Waals surface area contributed by atoms with Crippen molar-refractivity contribution in [1.82, 2.24) is 30.7 Å². The lowest BCUT2D eigenvalue weighted by Crippen LogP contribution is -2.19. The molecule has 2 aromatic carbocycles. The van der Waals surface area contributed by atoms with E-state index in [0.717, 1.165) is 0 Å². The summed E-state index contributed by atoms with van der Waals surface area (Å²) in [6.45, 7) is 0. The largest absolute Gasteiger partial charge is 0.378 e. The van der Waals surface area contributed by atoms with E-state index in [4.69, 9.17) is 28.9 Å². The van der Waals surface area contributed by atoms with E-state index >= 15 is 0 Å². The molecule has 2 heterocycles. The molecule has 3 N–H and O–H groups in total. The van der Waals surface area contributed by atoms with Crippen LogP contribution in [0.2, 0.25) is 10.0 Å². The number of amides is 1. The molecule has 0 radical (unpaired) electrons. The van der Waals surface area contributed by atoms with Gasteiger partial charge in [0.1, 0.15) is 5.69 Å². The summed E-state index contributed by atoms with van der Waals surface area (Å²) < 4.78 is 5.91. The maximum Gasteiger partial charge on any atom is 0.294 e. The molecule has 2 aromatic heterocycles. The summed E-state index contributed by atoms with van der Waals surface area (Å²) in [5, 5.41) is 19.9. The van der Waals surface area contributed by atoms with Crippen LogP contribution in [0.15, 0.2) is 58.3 Å². The molecule has 0 saturated heterocycles. The van der Waals surface area contributed by atoms with Crippen molar-refractivity contribution in [2.75, 3.05) is 5.73 Å². The molecule has 10 nitrogen and oxygen atoms in total. The highest BCUT2D eigenvalue weighted by Crippen LogP contribution is 2.26. The molecule has 12 heteroatoms. The lowest BCUT2D eigenvalue weighted by atomic mass is 10.1. The van der Waals surface area contributed by atoms with Gasteiger partial charge in [-0.05, 0) is 28.0 Å². The molecule has 4 aromatic rings. The number of hydrogen-bond acceptors (Lipinski definition) is 8. The molecule has 0 aliphatic carbocycles. The molecule has 0 unspecified atom stereocenters. The van der Waals surface area contributed by atoms with E-state index in [1.807, 2.05) is 6.07 Å². The quantitative estimate of drug-likeness (QED) is 0.357. The Morgan fingerprint density at radius 3 is 2.63 bits per heavy atom. The minimum atomic E-state index is -0.591. The van der Waals surface area contributed by atoms with Crippen molar-refractivity contribution in [2.45, 2.75) is 0 Å². The highest BCUT2D eigenvalue weighted by molar-refractivity contribution is 6.42. The number of nitrogens with one attached hydrogen (secondary N) is 1. The van der Waals surface area contributed by atoms with Gasteiger partial charge in [-0.25, -0.2) is 10.1 Å². The molecule has 0 spiro atoms. The van der Waals surface area contributed by atoms with Crippen LogP contribution in [0.4, 0.5) is 5.82 Å². The van der Waals surface area contributed by atoms with Crippen molar-refractivity contribution in [3.8, 4) is 17.1 Å². The average Bonchev–Trinajstić information content (AvgIpc) is 3.37. The second-order valence-electron chi connectivity index (χ2n) is 5.91. The summed E-state index contributed by atoms with van der Waals surface area (Å²) in [5.41, 5.74) is 9.85. The maximum absolute atomic E-state index is 12.7. The number of aromatic nitrogens is 5. The number of hydrazone groups is 1. The standard InChI is InChI=1S/C18H12Cl2N8O2/c19-12-7-6-10(8-13(12)20)9-22-24-18(29)14-15(11-4-2-1-3-5-11)28(27-23-14)17-16(21)25-30-26-17/h1-9H,(H2,21,25)(H,24,29)/b22-9+. The van der Waals surface area contributed by atoms with Gasteiger partial charge in [-0.15, -0.1) is 5.10 Å². The number of halogens is 2. The monoisotopic (exact) mass is 442 g/mol. The Labute approximate surface area is 179 Å². The van der Waals surface area contributed by atoms with Gasteiger partial charge in [-0.3, -0.25) is 4.79 Å². The SMILES string of the molecule is Nc1nonc1-n1nnc(C(=O)N/N=C/c2ccc(Cl)c(Cl)c2)c1-c1ccccc1. The molecule has 0 saturated carbocycles. The average molecular weight is 443 g/mol. The predicted octanol–water partition coefficient (Wildman–Crippen LogP) is 2.97. The number of nitrogens with zero attached hydrogens (tertiary/aromatic N) is 6. The Balaban J connectivity index is 1.66. The molecule has 4 rings (SSSR count). The maximum atomic E-state index is 12.7. The number of nitrogens with two attached hydrogens (primary N) is 1. The molecule has 1 amide bonds. The van der Waals surface area contributed by atoms with Gasteiger partial charge in [0, 0.05) is 5.56 Å². The molecular formula is C18H12Cl2N8O2. The molecule has 0 aliphatic rings. The first-order valence-corrected chi connectivity index (χ1v) is 9.18. The van der Waals surface area contributed by atoms with Crippen molar-refractivity contribution in [1.29, 1.82) is 0 Å². The fraction of sp³-hybridized carbons (Fsp3) is 0. The number of anilines is 1. The van der Waals surface area contributed by atoms with Gasteiger partial charge in [-0.2, -0.15) is 9.78 Å². The molecular weight excluding hydrogens is 431 g/mol. The first kappa shape index (κ1) is 19.6. The van der Waals surface area contributed by atoms with Crippen molar-refractivity contribution in [3.63, 3.8) is 0 Å². The van der Waals surface area contributed by atoms with Crippen LogP contribution in [0.25, 0.3) is 17.1 Å². The van der Waals surface area contributed by atoms with Crippen LogP contribution in [-0.2, 0) is 0 Å². The van der Waals surface area contributed by atoms with Crippen LogP contribution in [0, 0.1) is 0 Å². The molecule has 0 aliphatic heterocycles. The second-order valence-corrected chi connectivity index (χ2v) is 6.72. The van der Waals surface area contributed by atoms with Crippen LogP contribution >= 0.6 is 23.2 Å². The second kappa shape index (κ2) is 8.31. The Morgan fingerprint density at radius 2 is 1.93 bits per heavy atom. The highest BCUT2D eigenvalue weighted by atomic mass is 35.5. The predicted molar refractivity (Wildman–Crippen MR) is 111 cm³/mol. The van der Waals surface area contributed by atoms with E-state index in [2.05, 4.69) is 35.8 Å². The zero-order chi connectivity index (χ0) is 21.1. The number of nitrogen functional groups attached to an aromatic ring is 1. The molecule has 30 heavy (non-hydrogen) atoms. The number of carbonyl (C=O) groups is 1. The first-order chi connectivity index (χ1) is 14.5. The van der Waals surface area contributed by atoms with Gasteiger partial charge in [0.2, 0.25) is 11.6 Å². The Kier molecular flexibility index (Phi) is 5.42. The van der Waals surface area contributed by atoms with Crippen LogP contribution in [-0.4, -0.2) is 37.4 Å².